The van der Waals surface area contributed by atoms with Crippen molar-refractivity contribution in [1.82, 2.24) is 49.9 Å². The summed E-state index contributed by atoms with van der Waals surface area (Å²) in [6.45, 7) is 7.72. The van der Waals surface area contributed by atoms with Gasteiger partial charge in [0.2, 0.25) is 12.7 Å². The van der Waals surface area contributed by atoms with E-state index in [1.165, 1.54) is 12.7 Å². The number of azo groups is 4. The number of aromatic nitrogens is 12. The third-order valence-electron chi connectivity index (χ3n) is 11.0. The van der Waals surface area contributed by atoms with Gasteiger partial charge in [0, 0.05) is 87.3 Å². The highest BCUT2D eigenvalue weighted by Crippen LogP contribution is 2.25. The summed E-state index contributed by atoms with van der Waals surface area (Å²) in [5.74, 6) is 2.13. The SMILES string of the molecule is CC.CN(CCCN(C)c1ccc(N=Nc2n(C)nc[n+]2C)cc1)c1ccc(N=Nc2n(C)nc[n+]2C)cc1.CN(CCCN(C)c1ccc(N=Nc2ncn[nH]2)cc1)c1ccc(N=Nc2ncn[nH]2)cc1.[CH3-].[CH3-]. The van der Waals surface area contributed by atoms with Crippen molar-refractivity contribution in [2.45, 2.75) is 26.7 Å². The molecule has 4 aromatic carbocycles. The molecular formula is C50H70N24. The molecule has 24 nitrogen and oxygen atoms in total. The molecule has 0 saturated carbocycles. The molecule has 0 spiro atoms. The van der Waals surface area contributed by atoms with E-state index in [2.05, 4.69) is 154 Å². The van der Waals surface area contributed by atoms with Crippen molar-refractivity contribution in [1.29, 1.82) is 0 Å². The first-order valence-electron chi connectivity index (χ1n) is 23.4. The Labute approximate surface area is 434 Å². The maximum atomic E-state index is 4.33. The fourth-order valence-corrected chi connectivity index (χ4v) is 6.85. The second-order valence-electron chi connectivity index (χ2n) is 16.2. The quantitative estimate of drug-likeness (QED) is 0.0416. The van der Waals surface area contributed by atoms with Crippen molar-refractivity contribution in [2.75, 3.05) is 74.0 Å². The van der Waals surface area contributed by atoms with Gasteiger partial charge >= 0.3 is 11.9 Å². The van der Waals surface area contributed by atoms with E-state index in [1.54, 1.807) is 22.0 Å². The largest absolute Gasteiger partial charge is 0.403 e. The molecule has 0 unspecified atom stereocenters. The van der Waals surface area contributed by atoms with Gasteiger partial charge in [0.25, 0.3) is 11.9 Å². The van der Waals surface area contributed by atoms with Crippen molar-refractivity contribution in [2.24, 2.45) is 69.1 Å². The minimum Gasteiger partial charge on any atom is -0.375 e. The van der Waals surface area contributed by atoms with Crippen LogP contribution in [0.1, 0.15) is 26.7 Å². The highest BCUT2D eigenvalue weighted by molar-refractivity contribution is 5.55. The van der Waals surface area contributed by atoms with Gasteiger partial charge in [-0.05, 0) is 120 Å². The molecule has 390 valence electrons. The second-order valence-corrected chi connectivity index (χ2v) is 16.2. The number of hydrogen-bond acceptors (Lipinski definition) is 18. The van der Waals surface area contributed by atoms with Gasteiger partial charge in [-0.2, -0.15) is 20.2 Å². The van der Waals surface area contributed by atoms with E-state index in [1.807, 2.05) is 124 Å². The Hall–Kier alpha value is -8.96. The number of aryl methyl sites for hydroxylation is 4. The smallest absolute Gasteiger partial charge is 0.375 e. The molecule has 0 aliphatic carbocycles. The van der Waals surface area contributed by atoms with Crippen molar-refractivity contribution >= 4 is 69.3 Å². The third-order valence-corrected chi connectivity index (χ3v) is 11.0. The van der Waals surface area contributed by atoms with Gasteiger partial charge in [-0.3, -0.25) is 0 Å². The lowest BCUT2D eigenvalue weighted by molar-refractivity contribution is -0.659. The Kier molecular flexibility index (Phi) is 22.9. The zero-order valence-corrected chi connectivity index (χ0v) is 44.6. The lowest BCUT2D eigenvalue weighted by Gasteiger charge is -2.23. The fraction of sp³-hybridized carbons (Fsp3) is 0.320. The monoisotopic (exact) mass is 1010 g/mol. The standard InChI is InChI=1S/C25H34N12.C21H24N12.C2H6.2CH3/c1-32(22-12-8-20(9-13-22)28-30-24-34(3)18-26-36(24)5)16-7-17-33(2)23-14-10-21(11-15-23)29-31-25-35(4)19-27-37(25)6;1-32(18-8-4-16(5-9-18)26-30-20-22-14-24-28-20)12-3-13-33(2)19-10-6-17(7-11-19)27-31-21-23-15-25-29-21;1-2;;/h8-15,18-19H,7,16-17H2,1-6H3;4-11,14-15H,3,12-13H2,1-2H3,(H,22,24,28)(H,23,25,29);1-2H3;2*1H3/q+2;;;2*-1. The highest BCUT2D eigenvalue weighted by Gasteiger charge is 2.13. The minimum atomic E-state index is 0. The Bertz CT molecular complexity index is 2680. The third kappa shape index (κ3) is 17.1. The molecule has 0 fully saturated rings. The van der Waals surface area contributed by atoms with E-state index in [9.17, 15) is 0 Å². The maximum absolute atomic E-state index is 4.33. The van der Waals surface area contributed by atoms with Crippen LogP contribution in [-0.2, 0) is 28.2 Å². The Balaban J connectivity index is 0.000000304. The van der Waals surface area contributed by atoms with E-state index in [4.69, 9.17) is 0 Å². The van der Waals surface area contributed by atoms with E-state index < -0.39 is 0 Å². The van der Waals surface area contributed by atoms with Crippen LogP contribution >= 0.6 is 0 Å². The maximum Gasteiger partial charge on any atom is 0.403 e. The van der Waals surface area contributed by atoms with Crippen LogP contribution in [0, 0.1) is 14.9 Å². The second kappa shape index (κ2) is 29.4. The molecule has 0 aliphatic heterocycles. The average molecular weight is 1010 g/mol. The normalized spacial score (nSPS) is 11.0. The van der Waals surface area contributed by atoms with Crippen LogP contribution < -0.4 is 28.7 Å². The summed E-state index contributed by atoms with van der Waals surface area (Å²) in [7, 11) is 15.8. The molecular weight excluding hydrogens is 937 g/mol. The molecule has 0 atom stereocenters. The summed E-state index contributed by atoms with van der Waals surface area (Å²) in [5.41, 5.74) is 7.65. The Morgan fingerprint density at radius 1 is 0.432 bits per heavy atom. The van der Waals surface area contributed by atoms with Crippen molar-refractivity contribution < 1.29 is 9.13 Å². The zero-order valence-electron chi connectivity index (χ0n) is 44.6. The van der Waals surface area contributed by atoms with Gasteiger partial charge in [-0.1, -0.05) is 24.1 Å². The first-order valence-corrected chi connectivity index (χ1v) is 23.4. The molecule has 0 saturated heterocycles. The molecule has 8 aromatic rings. The molecule has 0 radical (unpaired) electrons. The van der Waals surface area contributed by atoms with Gasteiger partial charge < -0.3 is 34.5 Å². The number of rotatable bonds is 20. The van der Waals surface area contributed by atoms with Gasteiger partial charge in [-0.15, -0.1) is 29.8 Å². The van der Waals surface area contributed by atoms with Crippen molar-refractivity contribution in [3.05, 3.63) is 137 Å². The summed E-state index contributed by atoms with van der Waals surface area (Å²) in [6.07, 6.45) is 8.23. The van der Waals surface area contributed by atoms with Crippen LogP contribution in [0.15, 0.2) is 163 Å². The van der Waals surface area contributed by atoms with Gasteiger partial charge in [0.05, 0.1) is 50.9 Å². The van der Waals surface area contributed by atoms with Gasteiger partial charge in [-0.25, -0.2) is 19.3 Å². The number of anilines is 4. The van der Waals surface area contributed by atoms with Crippen LogP contribution in [0.3, 0.4) is 0 Å². The van der Waals surface area contributed by atoms with E-state index in [0.717, 1.165) is 84.5 Å². The van der Waals surface area contributed by atoms with Gasteiger partial charge in [0.1, 0.15) is 12.7 Å². The van der Waals surface area contributed by atoms with Crippen LogP contribution in [0.2, 0.25) is 0 Å². The molecule has 74 heavy (non-hydrogen) atoms. The predicted octanol–water partition coefficient (Wildman–Crippen LogP) is 10.2. The molecule has 2 N–H and O–H groups in total. The number of nitrogens with zero attached hydrogens (tertiary/aromatic N) is 22. The highest BCUT2D eigenvalue weighted by atomic mass is 15.4. The average Bonchev–Trinajstić information content (AvgIpc) is 4.25. The number of hydrogen-bond donors (Lipinski definition) is 2. The zero-order chi connectivity index (χ0) is 51.2. The van der Waals surface area contributed by atoms with E-state index in [0.29, 0.717) is 23.8 Å². The number of H-pyrrole nitrogens is 2. The van der Waals surface area contributed by atoms with Crippen LogP contribution in [-0.4, -0.2) is 104 Å². The molecule has 4 aromatic heterocycles. The molecule has 0 bridgehead atoms. The Morgan fingerprint density at radius 3 is 0.932 bits per heavy atom. The number of benzene rings is 4. The topological polar surface area (TPSA) is 238 Å². The first-order chi connectivity index (χ1) is 35.0. The fourth-order valence-electron chi connectivity index (χ4n) is 6.85. The Morgan fingerprint density at radius 2 is 0.703 bits per heavy atom. The summed E-state index contributed by atoms with van der Waals surface area (Å²) in [4.78, 5) is 16.8. The molecule has 0 amide bonds. The number of nitrogens with one attached hydrogen (secondary N) is 2. The van der Waals surface area contributed by atoms with Gasteiger partial charge in [0.15, 0.2) is 0 Å². The molecule has 8 rings (SSSR count). The van der Waals surface area contributed by atoms with E-state index in [-0.39, 0.29) is 14.9 Å². The molecule has 0 aliphatic rings. The number of aromatic amines is 2. The summed E-state index contributed by atoms with van der Waals surface area (Å²) >= 11 is 0. The van der Waals surface area contributed by atoms with Crippen molar-refractivity contribution in [3.8, 4) is 0 Å². The lowest BCUT2D eigenvalue weighted by atomic mass is 10.2. The summed E-state index contributed by atoms with van der Waals surface area (Å²) < 4.78 is 7.02. The first kappa shape index (κ1) is 57.6. The van der Waals surface area contributed by atoms with Crippen LogP contribution in [0.4, 0.5) is 69.3 Å². The van der Waals surface area contributed by atoms with Crippen LogP contribution in [0.25, 0.3) is 0 Å². The summed E-state index contributed by atoms with van der Waals surface area (Å²) in [6, 6.07) is 32.0. The summed E-state index contributed by atoms with van der Waals surface area (Å²) in [5, 5.41) is 54.6. The van der Waals surface area contributed by atoms with Crippen molar-refractivity contribution in [3.63, 3.8) is 0 Å². The lowest BCUT2D eigenvalue weighted by Crippen LogP contribution is -2.25. The minimum absolute atomic E-state index is 0. The van der Waals surface area contributed by atoms with Crippen LogP contribution in [0.5, 0.6) is 0 Å². The van der Waals surface area contributed by atoms with E-state index >= 15 is 0 Å². The molecule has 24 heteroatoms. The predicted molar refractivity (Wildman–Crippen MR) is 290 cm³/mol. The molecule has 4 heterocycles.